The lowest BCUT2D eigenvalue weighted by Crippen LogP contribution is -2.39. The molecule has 1 atom stereocenters. The number of aromatic nitrogens is 2. The molecule has 1 aliphatic heterocycles. The molecule has 2 aromatic carbocycles. The van der Waals surface area contributed by atoms with E-state index in [2.05, 4.69) is 25.9 Å². The Labute approximate surface area is 177 Å². The van der Waals surface area contributed by atoms with Gasteiger partial charge in [-0.05, 0) is 29.8 Å². The van der Waals surface area contributed by atoms with E-state index in [0.717, 1.165) is 5.56 Å². The maximum atomic E-state index is 12.8. The number of methoxy groups -OCH3 is 1. The number of hydrogen-bond donors (Lipinski definition) is 4. The number of H-pyrrole nitrogens is 1. The molecule has 0 spiro atoms. The van der Waals surface area contributed by atoms with Crippen LogP contribution in [0.4, 0.5) is 17.5 Å². The Morgan fingerprint density at radius 1 is 1.13 bits per heavy atom. The summed E-state index contributed by atoms with van der Waals surface area (Å²) >= 11 is 0. The van der Waals surface area contributed by atoms with Gasteiger partial charge >= 0.3 is 0 Å². The average Bonchev–Trinajstić information content (AvgIpc) is 2.78. The normalized spacial score (nSPS) is 14.9. The van der Waals surface area contributed by atoms with E-state index in [1.54, 1.807) is 31.4 Å². The summed E-state index contributed by atoms with van der Waals surface area (Å²) in [6.45, 7) is 0.301. The van der Waals surface area contributed by atoms with Crippen molar-refractivity contribution in [2.24, 2.45) is 0 Å². The summed E-state index contributed by atoms with van der Waals surface area (Å²) in [6, 6.07) is 16.4. The molecule has 0 bridgehead atoms. The number of fused-ring (bicyclic) bond motifs is 1. The summed E-state index contributed by atoms with van der Waals surface area (Å²) in [4.78, 5) is 44.7. The number of carbonyl (C=O) groups is 2. The first-order chi connectivity index (χ1) is 15.0. The smallest absolute Gasteiger partial charge is 0.258 e. The van der Waals surface area contributed by atoms with Crippen molar-refractivity contribution in [3.63, 3.8) is 0 Å². The van der Waals surface area contributed by atoms with Crippen LogP contribution in [0.15, 0.2) is 59.4 Å². The fourth-order valence-electron chi connectivity index (χ4n) is 3.37. The topological polar surface area (TPSA) is 125 Å². The zero-order chi connectivity index (χ0) is 21.8. The summed E-state index contributed by atoms with van der Waals surface area (Å²) in [6.07, 6.45) is -0.121. The number of ether oxygens (including phenoxy) is 1. The summed E-state index contributed by atoms with van der Waals surface area (Å²) in [5.41, 5.74) is 1.25. The number of carbonyl (C=O) groups excluding carboxylic acids is 2. The van der Waals surface area contributed by atoms with Crippen LogP contribution in [0.3, 0.4) is 0 Å². The van der Waals surface area contributed by atoms with Gasteiger partial charge in [-0.1, -0.05) is 30.3 Å². The predicted molar refractivity (Wildman–Crippen MR) is 115 cm³/mol. The van der Waals surface area contributed by atoms with Crippen molar-refractivity contribution in [3.8, 4) is 5.75 Å². The van der Waals surface area contributed by atoms with Gasteiger partial charge in [-0.3, -0.25) is 19.4 Å². The van der Waals surface area contributed by atoms with E-state index in [0.29, 0.717) is 18.0 Å². The van der Waals surface area contributed by atoms with Crippen molar-refractivity contribution in [3.05, 3.63) is 76.1 Å². The fourth-order valence-corrected chi connectivity index (χ4v) is 3.37. The van der Waals surface area contributed by atoms with Crippen molar-refractivity contribution in [1.82, 2.24) is 15.3 Å². The zero-order valence-corrected chi connectivity index (χ0v) is 16.8. The van der Waals surface area contributed by atoms with Crippen LogP contribution < -0.4 is 26.2 Å². The van der Waals surface area contributed by atoms with Crippen molar-refractivity contribution in [1.29, 1.82) is 0 Å². The lowest BCUT2D eigenvalue weighted by molar-refractivity contribution is -0.126. The summed E-state index contributed by atoms with van der Waals surface area (Å²) in [7, 11) is 1.57. The number of amides is 2. The van der Waals surface area contributed by atoms with Gasteiger partial charge in [-0.2, -0.15) is 4.98 Å². The van der Waals surface area contributed by atoms with Gasteiger partial charge in [0.15, 0.2) is 0 Å². The van der Waals surface area contributed by atoms with Crippen molar-refractivity contribution >= 4 is 29.3 Å². The van der Waals surface area contributed by atoms with Crippen LogP contribution in [0.2, 0.25) is 0 Å². The SMILES string of the molecule is COc1ccc(Nc2nc3c(c(=O)[nH]2)[C@H](C(=O)NCc2ccccc2)CC(=O)N3)cc1. The lowest BCUT2D eigenvalue weighted by Gasteiger charge is -2.23. The highest BCUT2D eigenvalue weighted by Gasteiger charge is 2.34. The van der Waals surface area contributed by atoms with Crippen LogP contribution >= 0.6 is 0 Å². The molecule has 0 radical (unpaired) electrons. The Morgan fingerprint density at radius 3 is 2.58 bits per heavy atom. The second-order valence-corrected chi connectivity index (χ2v) is 7.04. The van der Waals surface area contributed by atoms with Crippen molar-refractivity contribution in [2.45, 2.75) is 18.9 Å². The lowest BCUT2D eigenvalue weighted by atomic mass is 9.92. The Kier molecular flexibility index (Phi) is 5.65. The van der Waals surface area contributed by atoms with Gasteiger partial charge in [-0.15, -0.1) is 0 Å². The molecule has 4 N–H and O–H groups in total. The van der Waals surface area contributed by atoms with E-state index in [9.17, 15) is 14.4 Å². The van der Waals surface area contributed by atoms with Crippen LogP contribution in [-0.4, -0.2) is 28.9 Å². The Balaban J connectivity index is 1.56. The second-order valence-electron chi connectivity index (χ2n) is 7.04. The highest BCUT2D eigenvalue weighted by molar-refractivity contribution is 6.00. The number of hydrogen-bond acceptors (Lipinski definition) is 6. The fraction of sp³-hybridized carbons (Fsp3) is 0.182. The van der Waals surface area contributed by atoms with Gasteiger partial charge < -0.3 is 20.7 Å². The molecule has 1 aromatic heterocycles. The first kappa shape index (κ1) is 20.1. The molecule has 2 amide bonds. The molecular formula is C22H21N5O4. The molecule has 3 aromatic rings. The minimum absolute atomic E-state index is 0.0795. The third-order valence-corrected chi connectivity index (χ3v) is 4.93. The van der Waals surface area contributed by atoms with Crippen LogP contribution in [0.1, 0.15) is 23.5 Å². The van der Waals surface area contributed by atoms with E-state index in [4.69, 9.17) is 4.74 Å². The molecule has 0 saturated heterocycles. The average molecular weight is 419 g/mol. The first-order valence-corrected chi connectivity index (χ1v) is 9.70. The van der Waals surface area contributed by atoms with Gasteiger partial charge in [0.05, 0.1) is 18.6 Å². The number of benzene rings is 2. The minimum Gasteiger partial charge on any atom is -0.497 e. The van der Waals surface area contributed by atoms with Gasteiger partial charge in [0, 0.05) is 18.7 Å². The van der Waals surface area contributed by atoms with Crippen LogP contribution in [0.5, 0.6) is 5.75 Å². The van der Waals surface area contributed by atoms with Gasteiger partial charge in [0.25, 0.3) is 5.56 Å². The van der Waals surface area contributed by atoms with Crippen molar-refractivity contribution < 1.29 is 14.3 Å². The largest absolute Gasteiger partial charge is 0.497 e. The Bertz CT molecular complexity index is 1160. The van der Waals surface area contributed by atoms with E-state index >= 15 is 0 Å². The van der Waals surface area contributed by atoms with Crippen molar-refractivity contribution in [2.75, 3.05) is 17.7 Å². The Morgan fingerprint density at radius 2 is 1.87 bits per heavy atom. The highest BCUT2D eigenvalue weighted by atomic mass is 16.5. The number of aromatic amines is 1. The summed E-state index contributed by atoms with van der Waals surface area (Å²) in [5.74, 6) is -0.771. The third kappa shape index (κ3) is 4.55. The molecule has 0 unspecified atom stereocenters. The maximum absolute atomic E-state index is 12.8. The van der Waals surface area contributed by atoms with E-state index < -0.39 is 17.4 Å². The molecule has 1 aliphatic rings. The molecule has 0 saturated carbocycles. The monoisotopic (exact) mass is 419 g/mol. The van der Waals surface area contributed by atoms with Crippen LogP contribution in [-0.2, 0) is 16.1 Å². The number of rotatable bonds is 6. The molecule has 31 heavy (non-hydrogen) atoms. The molecular weight excluding hydrogens is 398 g/mol. The van der Waals surface area contributed by atoms with Crippen LogP contribution in [0, 0.1) is 0 Å². The quantitative estimate of drug-likeness (QED) is 0.486. The molecule has 4 rings (SSSR count). The molecule has 0 fully saturated rings. The highest BCUT2D eigenvalue weighted by Crippen LogP contribution is 2.29. The standard InChI is InChI=1S/C22H21N5O4/c1-31-15-9-7-14(8-10-15)24-22-26-19-18(21(30)27-22)16(11-17(28)25-19)20(29)23-12-13-5-3-2-4-6-13/h2-10,16H,11-12H2,1H3,(H,23,29)(H3,24,25,26,27,28,30)/t16-/m1/s1. The first-order valence-electron chi connectivity index (χ1n) is 9.70. The molecule has 158 valence electrons. The number of nitrogens with one attached hydrogen (secondary N) is 4. The summed E-state index contributed by atoms with van der Waals surface area (Å²) in [5, 5.41) is 8.37. The van der Waals surface area contributed by atoms with Gasteiger partial charge in [0.1, 0.15) is 11.6 Å². The molecule has 9 nitrogen and oxygen atoms in total. The van der Waals surface area contributed by atoms with E-state index in [1.165, 1.54) is 0 Å². The molecule has 2 heterocycles. The molecule has 9 heteroatoms. The maximum Gasteiger partial charge on any atom is 0.258 e. The second kappa shape index (κ2) is 8.70. The Hall–Kier alpha value is -4.14. The number of nitrogens with zero attached hydrogens (tertiary/aromatic N) is 1. The predicted octanol–water partition coefficient (Wildman–Crippen LogP) is 2.26. The number of anilines is 3. The molecule has 0 aliphatic carbocycles. The minimum atomic E-state index is -0.918. The summed E-state index contributed by atoms with van der Waals surface area (Å²) < 4.78 is 5.12. The van der Waals surface area contributed by atoms with Gasteiger partial charge in [-0.25, -0.2) is 0 Å². The van der Waals surface area contributed by atoms with E-state index in [1.807, 2.05) is 30.3 Å². The van der Waals surface area contributed by atoms with Gasteiger partial charge in [0.2, 0.25) is 17.8 Å². The van der Waals surface area contributed by atoms with Crippen LogP contribution in [0.25, 0.3) is 0 Å². The van der Waals surface area contributed by atoms with E-state index in [-0.39, 0.29) is 29.7 Å². The zero-order valence-electron chi connectivity index (χ0n) is 16.8. The third-order valence-electron chi connectivity index (χ3n) is 4.93.